The van der Waals surface area contributed by atoms with E-state index in [9.17, 15) is 9.59 Å². The first-order valence-corrected chi connectivity index (χ1v) is 14.9. The van der Waals surface area contributed by atoms with E-state index in [0.717, 1.165) is 41.5 Å². The number of hydrogen-bond donors (Lipinski definition) is 2. The maximum Gasteiger partial charge on any atom is 0.273 e. The van der Waals surface area contributed by atoms with Gasteiger partial charge in [0.05, 0.1) is 5.52 Å². The lowest BCUT2D eigenvalue weighted by molar-refractivity contribution is -0.132. The molecule has 9 nitrogen and oxygen atoms in total. The van der Waals surface area contributed by atoms with Gasteiger partial charge in [-0.25, -0.2) is 4.39 Å². The van der Waals surface area contributed by atoms with Gasteiger partial charge in [-0.15, -0.1) is 0 Å². The number of piperidine rings is 1. The molecular formula is C33H41FN6O3. The molecule has 5 rings (SSSR count). The molecule has 2 amide bonds. The van der Waals surface area contributed by atoms with Gasteiger partial charge in [0.15, 0.2) is 0 Å². The number of aryl methyl sites for hydroxylation is 3. The fourth-order valence-corrected chi connectivity index (χ4v) is 6.35. The number of rotatable bonds is 11. The highest BCUT2D eigenvalue weighted by atomic mass is 19.1. The number of methoxy groups -OCH3 is 1. The second-order valence-electron chi connectivity index (χ2n) is 11.5. The van der Waals surface area contributed by atoms with Crippen LogP contribution in [0.15, 0.2) is 54.7 Å². The van der Waals surface area contributed by atoms with Gasteiger partial charge in [-0.2, -0.15) is 5.10 Å². The molecule has 43 heavy (non-hydrogen) atoms. The number of nitrogens with zero attached hydrogens (tertiary/aromatic N) is 4. The second-order valence-corrected chi connectivity index (χ2v) is 11.5. The number of halogens is 1. The summed E-state index contributed by atoms with van der Waals surface area (Å²) in [6.07, 6.45) is 4.99. The number of hydrogen-bond acceptors (Lipinski definition) is 5. The summed E-state index contributed by atoms with van der Waals surface area (Å²) in [6.45, 7) is 4.62. The number of fused-ring (bicyclic) bond motifs is 1. The van der Waals surface area contributed by atoms with Gasteiger partial charge < -0.3 is 25.3 Å². The number of nitrogens with one attached hydrogen (secondary N) is 1. The van der Waals surface area contributed by atoms with Crippen LogP contribution in [0.1, 0.15) is 58.9 Å². The lowest BCUT2D eigenvalue weighted by atomic mass is 9.91. The van der Waals surface area contributed by atoms with E-state index in [1.165, 1.54) is 10.7 Å². The number of benzene rings is 2. The van der Waals surface area contributed by atoms with E-state index in [-0.39, 0.29) is 36.0 Å². The summed E-state index contributed by atoms with van der Waals surface area (Å²) in [7, 11) is 3.40. The number of carbonyl (C=O) groups excluding carboxylic acids is 2. The Bertz CT molecular complexity index is 1580. The normalized spacial score (nSPS) is 16.0. The highest BCUT2D eigenvalue weighted by molar-refractivity contribution is 6.03. The van der Waals surface area contributed by atoms with Crippen molar-refractivity contribution in [2.75, 3.05) is 32.1 Å². The monoisotopic (exact) mass is 588 g/mol. The van der Waals surface area contributed by atoms with Crippen molar-refractivity contribution in [1.29, 1.82) is 0 Å². The molecule has 2 aromatic heterocycles. The number of carbonyl (C=O) groups is 2. The number of anilines is 1. The molecule has 4 aromatic rings. The first-order valence-electron chi connectivity index (χ1n) is 14.9. The van der Waals surface area contributed by atoms with Crippen LogP contribution in [0.25, 0.3) is 10.9 Å². The van der Waals surface area contributed by atoms with Crippen molar-refractivity contribution in [3.8, 4) is 0 Å². The van der Waals surface area contributed by atoms with E-state index in [4.69, 9.17) is 10.5 Å². The van der Waals surface area contributed by atoms with Crippen LogP contribution in [0.3, 0.4) is 0 Å². The molecule has 1 aliphatic heterocycles. The molecule has 0 aliphatic carbocycles. The first-order chi connectivity index (χ1) is 20.8. The van der Waals surface area contributed by atoms with Crippen LogP contribution in [-0.2, 0) is 29.5 Å². The Kier molecular flexibility index (Phi) is 9.57. The van der Waals surface area contributed by atoms with Crippen molar-refractivity contribution < 1.29 is 18.7 Å². The Morgan fingerprint density at radius 1 is 1.19 bits per heavy atom. The van der Waals surface area contributed by atoms with Crippen LogP contribution in [0, 0.1) is 12.7 Å². The van der Waals surface area contributed by atoms with E-state index in [1.54, 1.807) is 32.5 Å². The van der Waals surface area contributed by atoms with Gasteiger partial charge in [0.25, 0.3) is 5.91 Å². The molecule has 0 radical (unpaired) electrons. The molecule has 10 heteroatoms. The molecule has 1 unspecified atom stereocenters. The minimum absolute atomic E-state index is 0.0446. The van der Waals surface area contributed by atoms with Crippen molar-refractivity contribution in [3.05, 3.63) is 83.1 Å². The highest BCUT2D eigenvalue weighted by Gasteiger charge is 2.30. The molecule has 2 aromatic carbocycles. The largest absolute Gasteiger partial charge is 0.385 e. The van der Waals surface area contributed by atoms with Crippen molar-refractivity contribution in [2.45, 2.75) is 57.5 Å². The molecule has 228 valence electrons. The predicted molar refractivity (Wildman–Crippen MR) is 166 cm³/mol. The lowest BCUT2D eigenvalue weighted by Crippen LogP contribution is -2.42. The Hall–Kier alpha value is -4.02. The third-order valence-electron chi connectivity index (χ3n) is 8.43. The minimum Gasteiger partial charge on any atom is -0.385 e. The summed E-state index contributed by atoms with van der Waals surface area (Å²) in [6, 6.07) is 14.1. The second kappa shape index (κ2) is 13.5. The number of para-hydroxylation sites is 1. The fraction of sp³-hybridized carbons (Fsp3) is 0.424. The van der Waals surface area contributed by atoms with Gasteiger partial charge in [-0.05, 0) is 68.0 Å². The molecule has 2 atom stereocenters. The van der Waals surface area contributed by atoms with Crippen LogP contribution < -0.4 is 11.1 Å². The SMILES string of the molecule is COCCCn1c(C2CCCN(C(=O)C[C@H](N)Cc3ccc(NC(=O)c4ccnn4C)cc3)C2)c(C)c2cccc(F)c21. The van der Waals surface area contributed by atoms with Gasteiger partial charge in [-0.3, -0.25) is 14.3 Å². The van der Waals surface area contributed by atoms with Crippen molar-refractivity contribution in [2.24, 2.45) is 12.8 Å². The zero-order valence-corrected chi connectivity index (χ0v) is 25.2. The molecule has 0 bridgehead atoms. The number of amides is 2. The zero-order chi connectivity index (χ0) is 30.5. The lowest BCUT2D eigenvalue weighted by Gasteiger charge is -2.34. The van der Waals surface area contributed by atoms with Crippen LogP contribution in [-0.4, -0.2) is 63.9 Å². The van der Waals surface area contributed by atoms with E-state index >= 15 is 4.39 Å². The Morgan fingerprint density at radius 2 is 1.98 bits per heavy atom. The molecule has 0 spiro atoms. The fourth-order valence-electron chi connectivity index (χ4n) is 6.35. The molecule has 1 saturated heterocycles. The maximum absolute atomic E-state index is 15.0. The first kappa shape index (κ1) is 30.4. The Labute approximate surface area is 251 Å². The molecule has 0 saturated carbocycles. The topological polar surface area (TPSA) is 107 Å². The van der Waals surface area contributed by atoms with Gasteiger partial charge in [0, 0.05) is 81.7 Å². The standard InChI is InChI=1S/C33H41FN6O3/c1-22-27-8-4-9-28(34)32(27)40(17-6-18-43-3)31(22)24-7-5-16-39(21-24)30(41)20-25(35)19-23-10-12-26(13-11-23)37-33(42)29-14-15-36-38(29)2/h4,8-15,24-25H,5-7,16-21,35H2,1-3H3,(H,37,42)/t24?,25-/m1/s1. The van der Waals surface area contributed by atoms with Crippen molar-refractivity contribution in [1.82, 2.24) is 19.2 Å². The Morgan fingerprint density at radius 3 is 2.70 bits per heavy atom. The third kappa shape index (κ3) is 6.81. The molecular weight excluding hydrogens is 547 g/mol. The molecule has 3 heterocycles. The van der Waals surface area contributed by atoms with Crippen LogP contribution >= 0.6 is 0 Å². The van der Waals surface area contributed by atoms with Gasteiger partial charge in [0.2, 0.25) is 5.91 Å². The van der Waals surface area contributed by atoms with Crippen LogP contribution in [0.4, 0.5) is 10.1 Å². The van der Waals surface area contributed by atoms with Crippen molar-refractivity contribution >= 4 is 28.4 Å². The summed E-state index contributed by atoms with van der Waals surface area (Å²) in [4.78, 5) is 27.8. The molecule has 1 aliphatic rings. The molecule has 1 fully saturated rings. The minimum atomic E-state index is -0.334. The van der Waals surface area contributed by atoms with E-state index < -0.39 is 0 Å². The highest BCUT2D eigenvalue weighted by Crippen LogP contribution is 2.36. The zero-order valence-electron chi connectivity index (χ0n) is 25.2. The van der Waals surface area contributed by atoms with Crippen LogP contribution in [0.5, 0.6) is 0 Å². The van der Waals surface area contributed by atoms with Crippen LogP contribution in [0.2, 0.25) is 0 Å². The smallest absolute Gasteiger partial charge is 0.273 e. The average Bonchev–Trinajstić information content (AvgIpc) is 3.55. The average molecular weight is 589 g/mol. The molecule has 3 N–H and O–H groups in total. The quantitative estimate of drug-likeness (QED) is 0.245. The summed E-state index contributed by atoms with van der Waals surface area (Å²) in [5.74, 6) is -0.283. The summed E-state index contributed by atoms with van der Waals surface area (Å²) >= 11 is 0. The summed E-state index contributed by atoms with van der Waals surface area (Å²) in [5, 5.41) is 7.83. The van der Waals surface area contributed by atoms with Crippen molar-refractivity contribution in [3.63, 3.8) is 0 Å². The number of ether oxygens (including phenoxy) is 1. The third-order valence-corrected chi connectivity index (χ3v) is 8.43. The van der Waals surface area contributed by atoms with E-state index in [0.29, 0.717) is 49.6 Å². The number of nitrogens with two attached hydrogens (primary N) is 1. The van der Waals surface area contributed by atoms with E-state index in [2.05, 4.69) is 21.9 Å². The van der Waals surface area contributed by atoms with Gasteiger partial charge in [0.1, 0.15) is 11.5 Å². The summed E-state index contributed by atoms with van der Waals surface area (Å²) in [5.41, 5.74) is 11.4. The van der Waals surface area contributed by atoms with Gasteiger partial charge in [-0.1, -0.05) is 24.3 Å². The Balaban J connectivity index is 1.21. The summed E-state index contributed by atoms with van der Waals surface area (Å²) < 4.78 is 24.0. The maximum atomic E-state index is 15.0. The number of likely N-dealkylation sites (tertiary alicyclic amines) is 1. The predicted octanol–water partition coefficient (Wildman–Crippen LogP) is 4.78. The number of aromatic nitrogens is 3. The van der Waals surface area contributed by atoms with E-state index in [1.807, 2.05) is 35.2 Å². The van der Waals surface area contributed by atoms with Gasteiger partial charge >= 0.3 is 0 Å².